The van der Waals surface area contributed by atoms with Crippen molar-refractivity contribution in [3.63, 3.8) is 0 Å². The van der Waals surface area contributed by atoms with E-state index in [1.165, 1.54) is 0 Å². The predicted molar refractivity (Wildman–Crippen MR) is 140 cm³/mol. The van der Waals surface area contributed by atoms with Crippen molar-refractivity contribution in [2.24, 2.45) is 0 Å². The molecule has 7 nitrogen and oxygen atoms in total. The van der Waals surface area contributed by atoms with Gasteiger partial charge in [0.1, 0.15) is 18.0 Å². The van der Waals surface area contributed by atoms with E-state index in [-0.39, 0.29) is 18.2 Å². The van der Waals surface area contributed by atoms with Crippen molar-refractivity contribution in [1.82, 2.24) is 9.55 Å². The molecular weight excluding hydrogens is 452 g/mol. The molecule has 0 unspecified atom stereocenters. The first-order valence-corrected chi connectivity index (χ1v) is 11.6. The molecule has 7 heteroatoms. The largest absolute Gasteiger partial charge is 0.496 e. The van der Waals surface area contributed by atoms with E-state index in [2.05, 4.69) is 10.3 Å². The number of imidazole rings is 1. The molecule has 0 fully saturated rings. The number of anilines is 3. The zero-order valence-electron chi connectivity index (χ0n) is 19.5. The van der Waals surface area contributed by atoms with Crippen LogP contribution in [0.3, 0.4) is 0 Å². The van der Waals surface area contributed by atoms with Crippen molar-refractivity contribution >= 4 is 39.6 Å². The maximum Gasteiger partial charge on any atom is 0.241 e. The normalized spacial score (nSPS) is 13.3. The Balaban J connectivity index is 1.42. The van der Waals surface area contributed by atoms with Gasteiger partial charge in [-0.2, -0.15) is 0 Å². The number of carbonyl (C=O) groups excluding carboxylic acids is 2. The van der Waals surface area contributed by atoms with Gasteiger partial charge in [0.2, 0.25) is 11.8 Å². The Kier molecular flexibility index (Phi) is 5.22. The minimum absolute atomic E-state index is 0.232. The van der Waals surface area contributed by atoms with Crippen LogP contribution >= 0.6 is 0 Å². The molecule has 2 amide bonds. The van der Waals surface area contributed by atoms with Crippen LogP contribution in [0.5, 0.6) is 5.75 Å². The summed E-state index contributed by atoms with van der Waals surface area (Å²) in [6, 6.07) is 27.0. The fraction of sp³-hybridized carbons (Fsp3) is 0.0690. The van der Waals surface area contributed by atoms with E-state index < -0.39 is 0 Å². The zero-order valence-corrected chi connectivity index (χ0v) is 19.5. The highest BCUT2D eigenvalue weighted by molar-refractivity contribution is 6.21. The molecule has 0 radical (unpaired) electrons. The number of ether oxygens (including phenoxy) is 1. The smallest absolute Gasteiger partial charge is 0.241 e. The Morgan fingerprint density at radius 3 is 2.44 bits per heavy atom. The van der Waals surface area contributed by atoms with Crippen LogP contribution in [0.15, 0.2) is 97.3 Å². The average Bonchev–Trinajstić information content (AvgIpc) is 3.35. The van der Waals surface area contributed by atoms with Crippen LogP contribution in [0.4, 0.5) is 17.1 Å². The van der Waals surface area contributed by atoms with Crippen molar-refractivity contribution in [3.05, 3.63) is 97.3 Å². The molecule has 0 bridgehead atoms. The molecule has 1 aromatic heterocycles. The Hall–Kier alpha value is -4.91. The van der Waals surface area contributed by atoms with Crippen LogP contribution in [0, 0.1) is 0 Å². The lowest BCUT2D eigenvalue weighted by Crippen LogP contribution is -2.26. The predicted octanol–water partition coefficient (Wildman–Crippen LogP) is 5.71. The summed E-state index contributed by atoms with van der Waals surface area (Å²) in [5.41, 5.74) is 3.72. The molecule has 2 heterocycles. The Morgan fingerprint density at radius 2 is 1.61 bits per heavy atom. The van der Waals surface area contributed by atoms with Gasteiger partial charge in [0.05, 0.1) is 24.0 Å². The van der Waals surface area contributed by atoms with Crippen LogP contribution in [0.1, 0.15) is 6.42 Å². The number of aromatic nitrogens is 2. The second-order valence-electron chi connectivity index (χ2n) is 8.47. The summed E-state index contributed by atoms with van der Waals surface area (Å²) in [5.74, 6) is 0.874. The molecule has 0 spiro atoms. The second kappa shape index (κ2) is 8.70. The summed E-state index contributed by atoms with van der Waals surface area (Å²) in [5, 5.41) is 4.82. The van der Waals surface area contributed by atoms with Crippen molar-refractivity contribution in [2.75, 3.05) is 17.3 Å². The van der Waals surface area contributed by atoms with E-state index in [1.807, 2.05) is 95.7 Å². The van der Waals surface area contributed by atoms with Gasteiger partial charge >= 0.3 is 0 Å². The first-order chi connectivity index (χ1) is 17.6. The number of fused-ring (bicyclic) bond motifs is 3. The maximum atomic E-state index is 13.2. The van der Waals surface area contributed by atoms with Gasteiger partial charge in [-0.05, 0) is 47.9 Å². The van der Waals surface area contributed by atoms with E-state index in [1.54, 1.807) is 18.2 Å². The zero-order chi connectivity index (χ0) is 24.6. The van der Waals surface area contributed by atoms with Gasteiger partial charge in [0.25, 0.3) is 0 Å². The van der Waals surface area contributed by atoms with E-state index in [4.69, 9.17) is 4.74 Å². The molecule has 1 aliphatic heterocycles. The van der Waals surface area contributed by atoms with Crippen LogP contribution in [0.2, 0.25) is 0 Å². The molecule has 6 rings (SSSR count). The summed E-state index contributed by atoms with van der Waals surface area (Å²) in [6.45, 7) is 0. The van der Waals surface area contributed by atoms with E-state index >= 15 is 0 Å². The highest BCUT2D eigenvalue weighted by atomic mass is 16.5. The quantitative estimate of drug-likeness (QED) is 0.339. The number of para-hydroxylation sites is 1. The van der Waals surface area contributed by atoms with Crippen LogP contribution in [-0.2, 0) is 9.59 Å². The van der Waals surface area contributed by atoms with Gasteiger partial charge < -0.3 is 10.1 Å². The van der Waals surface area contributed by atoms with Crippen molar-refractivity contribution in [2.45, 2.75) is 6.42 Å². The fourth-order valence-electron chi connectivity index (χ4n) is 4.70. The topological polar surface area (TPSA) is 76.5 Å². The number of methoxy groups -OCH3 is 1. The van der Waals surface area contributed by atoms with Crippen molar-refractivity contribution < 1.29 is 14.3 Å². The number of hydrogen-bond acceptors (Lipinski definition) is 4. The van der Waals surface area contributed by atoms with Crippen molar-refractivity contribution in [1.29, 1.82) is 0 Å². The first kappa shape index (κ1) is 21.6. The van der Waals surface area contributed by atoms with Gasteiger partial charge in [-0.1, -0.05) is 42.5 Å². The molecule has 4 aromatic carbocycles. The van der Waals surface area contributed by atoms with Crippen LogP contribution < -0.4 is 15.0 Å². The molecule has 1 aliphatic rings. The van der Waals surface area contributed by atoms with Gasteiger partial charge in [-0.25, -0.2) is 4.98 Å². The Morgan fingerprint density at radius 1 is 0.861 bits per heavy atom. The second-order valence-corrected chi connectivity index (χ2v) is 8.47. The number of nitrogens with one attached hydrogen (secondary N) is 1. The summed E-state index contributed by atoms with van der Waals surface area (Å²) >= 11 is 0. The number of rotatable bonds is 4. The fourth-order valence-corrected chi connectivity index (χ4v) is 4.70. The molecule has 0 saturated carbocycles. The number of carbonyl (C=O) groups is 2. The van der Waals surface area contributed by atoms with Crippen LogP contribution in [-0.4, -0.2) is 28.5 Å². The maximum absolute atomic E-state index is 13.2. The number of benzene rings is 4. The molecule has 0 aliphatic carbocycles. The highest BCUT2D eigenvalue weighted by Gasteiger charge is 2.28. The van der Waals surface area contributed by atoms with Gasteiger partial charge in [-0.3, -0.25) is 19.1 Å². The number of amides is 2. The summed E-state index contributed by atoms with van der Waals surface area (Å²) in [4.78, 5) is 31.9. The standard InChI is InChI=1S/C29H22N4O3/c1-36-25-9-5-4-8-23(25)29-30-16-17-32(29)20-11-13-21(14-12-20)33-24-15-10-19-6-2-3-7-22(19)28(24)31-26(34)18-27(33)35/h2-17H,18H2,1H3,(H,31,34). The third-order valence-corrected chi connectivity index (χ3v) is 6.35. The van der Waals surface area contributed by atoms with Gasteiger partial charge in [-0.15, -0.1) is 0 Å². The lowest BCUT2D eigenvalue weighted by atomic mass is 10.1. The minimum atomic E-state index is -0.323. The monoisotopic (exact) mass is 474 g/mol. The SMILES string of the molecule is COc1ccccc1-c1nccn1-c1ccc(N2C(=O)CC(=O)Nc3c2ccc2ccccc32)cc1. The molecule has 1 N–H and O–H groups in total. The average molecular weight is 475 g/mol. The molecule has 176 valence electrons. The molecule has 5 aromatic rings. The third-order valence-electron chi connectivity index (χ3n) is 6.35. The number of hydrogen-bond donors (Lipinski definition) is 1. The third kappa shape index (κ3) is 3.58. The minimum Gasteiger partial charge on any atom is -0.496 e. The van der Waals surface area contributed by atoms with Crippen LogP contribution in [0.25, 0.3) is 27.8 Å². The Labute approximate surface area is 207 Å². The van der Waals surface area contributed by atoms with Gasteiger partial charge in [0, 0.05) is 29.2 Å². The lowest BCUT2D eigenvalue weighted by Gasteiger charge is -2.23. The molecule has 0 saturated heterocycles. The van der Waals surface area contributed by atoms with E-state index in [0.29, 0.717) is 17.1 Å². The van der Waals surface area contributed by atoms with Crippen molar-refractivity contribution in [3.8, 4) is 22.8 Å². The molecular formula is C29H22N4O3. The molecule has 0 atom stereocenters. The highest BCUT2D eigenvalue weighted by Crippen LogP contribution is 2.40. The summed E-state index contributed by atoms with van der Waals surface area (Å²) in [6.07, 6.45) is 3.40. The summed E-state index contributed by atoms with van der Waals surface area (Å²) < 4.78 is 7.49. The lowest BCUT2D eigenvalue weighted by molar-refractivity contribution is -0.124. The van der Waals surface area contributed by atoms with E-state index in [0.717, 1.165) is 33.6 Å². The molecule has 36 heavy (non-hydrogen) atoms. The Bertz CT molecular complexity index is 1620. The number of nitrogens with zero attached hydrogens (tertiary/aromatic N) is 3. The van der Waals surface area contributed by atoms with Gasteiger partial charge in [0.15, 0.2) is 0 Å². The van der Waals surface area contributed by atoms with E-state index in [9.17, 15) is 9.59 Å². The summed E-state index contributed by atoms with van der Waals surface area (Å²) in [7, 11) is 1.64. The first-order valence-electron chi connectivity index (χ1n) is 11.6.